The molecule has 0 aromatic heterocycles. The van der Waals surface area contributed by atoms with E-state index in [0.29, 0.717) is 5.22 Å². The van der Waals surface area contributed by atoms with Gasteiger partial charge in [-0.05, 0) is 11.3 Å². The molecule has 1 heterocycles. The number of nitrogens with zero attached hydrogens (tertiary/aromatic N) is 1. The van der Waals surface area contributed by atoms with Gasteiger partial charge in [-0.15, -0.1) is 0 Å². The van der Waals surface area contributed by atoms with E-state index >= 15 is 0 Å². The topological polar surface area (TPSA) is 66.7 Å². The highest BCUT2D eigenvalue weighted by Crippen LogP contribution is 2.04. The first-order valence-electron chi connectivity index (χ1n) is 4.21. The van der Waals surface area contributed by atoms with Crippen LogP contribution < -0.4 is 10.6 Å². The summed E-state index contributed by atoms with van der Waals surface area (Å²) in [5.41, 5.74) is 0. The van der Waals surface area contributed by atoms with Crippen LogP contribution in [-0.2, 0) is 9.59 Å². The molecule has 1 amide bonds. The molecule has 1 aromatic rings. The minimum absolute atomic E-state index is 0.178. The maximum atomic E-state index is 12.8. The predicted octanol–water partition coefficient (Wildman–Crippen LogP) is -0.533. The Morgan fingerprint density at radius 3 is 2.87 bits per heavy atom. The maximum absolute atomic E-state index is 12.8. The molecule has 1 unspecified atom stereocenters. The van der Waals surface area contributed by atoms with Crippen LogP contribution in [0.25, 0.3) is 6.08 Å². The summed E-state index contributed by atoms with van der Waals surface area (Å²) in [5, 5.41) is 9.34. The molecule has 1 N–H and O–H groups in total. The second-order valence-corrected chi connectivity index (χ2v) is 3.14. The van der Waals surface area contributed by atoms with Crippen LogP contribution in [0.15, 0.2) is 23.2 Å². The molecule has 15 heavy (non-hydrogen) atoms. The van der Waals surface area contributed by atoms with Gasteiger partial charge in [-0.2, -0.15) is 0 Å². The lowest BCUT2D eigenvalue weighted by atomic mass is 10.0. The van der Waals surface area contributed by atoms with Crippen molar-refractivity contribution in [1.29, 1.82) is 0 Å². The number of amides is 1. The zero-order valence-corrected chi connectivity index (χ0v) is 7.48. The molecule has 1 atom stereocenters. The van der Waals surface area contributed by atoms with E-state index in [1.807, 2.05) is 0 Å². The van der Waals surface area contributed by atoms with E-state index in [9.17, 15) is 14.0 Å². The van der Waals surface area contributed by atoms with Gasteiger partial charge in [-0.25, -0.2) is 9.38 Å². The predicted molar refractivity (Wildman–Crippen MR) is 47.8 cm³/mol. The summed E-state index contributed by atoms with van der Waals surface area (Å²) in [6.07, 6.45) is 1.27. The fourth-order valence-electron chi connectivity index (χ4n) is 1.37. The fraction of sp³-hybridized carbons (Fsp3) is 0.100. The Morgan fingerprint density at radius 2 is 2.20 bits per heavy atom. The molecule has 1 aliphatic rings. The number of benzene rings is 1. The van der Waals surface area contributed by atoms with Gasteiger partial charge in [0.15, 0.2) is 5.92 Å². The molecule has 1 aliphatic heterocycles. The maximum Gasteiger partial charge on any atom is 0.320 e. The van der Waals surface area contributed by atoms with Crippen LogP contribution in [0.2, 0.25) is 0 Å². The number of halogens is 1. The number of rotatable bonds is 1. The summed E-state index contributed by atoms with van der Waals surface area (Å²) >= 11 is 0. The highest BCUT2D eigenvalue weighted by Gasteiger charge is 2.25. The average molecular weight is 207 g/mol. The van der Waals surface area contributed by atoms with Gasteiger partial charge in [-0.3, -0.25) is 9.59 Å². The van der Waals surface area contributed by atoms with Crippen molar-refractivity contribution in [3.63, 3.8) is 0 Å². The van der Waals surface area contributed by atoms with Crippen molar-refractivity contribution < 1.29 is 19.1 Å². The highest BCUT2D eigenvalue weighted by atomic mass is 19.1. The molecule has 0 bridgehead atoms. The van der Waals surface area contributed by atoms with Crippen molar-refractivity contribution in [2.75, 3.05) is 0 Å². The summed E-state index contributed by atoms with van der Waals surface area (Å²) in [7, 11) is 0. The van der Waals surface area contributed by atoms with Crippen molar-refractivity contribution in [2.24, 2.45) is 10.9 Å². The zero-order chi connectivity index (χ0) is 11.0. The monoisotopic (exact) mass is 207 g/mol. The minimum atomic E-state index is -1.26. The van der Waals surface area contributed by atoms with Crippen LogP contribution >= 0.6 is 0 Å². The van der Waals surface area contributed by atoms with E-state index in [1.54, 1.807) is 0 Å². The van der Waals surface area contributed by atoms with Gasteiger partial charge in [0.25, 0.3) is 5.91 Å². The van der Waals surface area contributed by atoms with Crippen molar-refractivity contribution in [1.82, 2.24) is 0 Å². The third kappa shape index (κ3) is 1.63. The SMILES string of the molecule is O=C(O)C1C=c2ccc(F)cc2=NC1=O. The van der Waals surface area contributed by atoms with E-state index in [-0.39, 0.29) is 5.36 Å². The van der Waals surface area contributed by atoms with Crippen LogP contribution in [0.3, 0.4) is 0 Å². The molecule has 5 heteroatoms. The number of carbonyl (C=O) groups excluding carboxylic acids is 1. The fourth-order valence-corrected chi connectivity index (χ4v) is 1.37. The Bertz CT molecular complexity index is 565. The average Bonchev–Trinajstić information content (AvgIpc) is 2.15. The number of fused-ring (bicyclic) bond motifs is 1. The summed E-state index contributed by atoms with van der Waals surface area (Å²) in [4.78, 5) is 25.4. The third-order valence-electron chi connectivity index (χ3n) is 2.10. The van der Waals surface area contributed by atoms with Crippen LogP contribution in [0, 0.1) is 11.7 Å². The number of carboxylic acid groups (broad SMARTS) is 1. The molecular formula is C10H6FNO3. The normalized spacial score (nSPS) is 18.7. The Kier molecular flexibility index (Phi) is 2.07. The highest BCUT2D eigenvalue weighted by molar-refractivity contribution is 6.03. The van der Waals surface area contributed by atoms with E-state index in [1.165, 1.54) is 18.2 Å². The van der Waals surface area contributed by atoms with Gasteiger partial charge in [-0.1, -0.05) is 12.1 Å². The smallest absolute Gasteiger partial charge is 0.320 e. The molecule has 4 nitrogen and oxygen atoms in total. The molecule has 2 rings (SSSR count). The lowest BCUT2D eigenvalue weighted by molar-refractivity contribution is -0.143. The molecule has 76 valence electrons. The van der Waals surface area contributed by atoms with Crippen molar-refractivity contribution in [3.05, 3.63) is 34.6 Å². The Labute approximate surface area is 83.4 Å². The van der Waals surface area contributed by atoms with Gasteiger partial charge in [0.2, 0.25) is 0 Å². The Balaban J connectivity index is 2.68. The molecule has 0 radical (unpaired) electrons. The number of hydrogen-bond acceptors (Lipinski definition) is 2. The van der Waals surface area contributed by atoms with Gasteiger partial charge in [0.1, 0.15) is 5.82 Å². The summed E-state index contributed by atoms with van der Waals surface area (Å²) < 4.78 is 12.8. The Morgan fingerprint density at radius 1 is 1.47 bits per heavy atom. The molecule has 0 saturated heterocycles. The second kappa shape index (κ2) is 3.27. The summed E-state index contributed by atoms with van der Waals surface area (Å²) in [5.74, 6) is -3.80. The van der Waals surface area contributed by atoms with Crippen LogP contribution in [0.4, 0.5) is 4.39 Å². The largest absolute Gasteiger partial charge is 0.480 e. The standard InChI is InChI=1S/C10H6FNO3/c11-6-2-1-5-3-7(10(14)15)9(13)12-8(5)4-6/h1-4,7H,(H,14,15). The second-order valence-electron chi connectivity index (χ2n) is 3.14. The number of carboxylic acids is 1. The van der Waals surface area contributed by atoms with Crippen LogP contribution in [0.1, 0.15) is 0 Å². The van der Waals surface area contributed by atoms with Crippen molar-refractivity contribution in [3.8, 4) is 0 Å². The molecule has 0 saturated carbocycles. The first-order chi connectivity index (χ1) is 7.08. The first-order valence-corrected chi connectivity index (χ1v) is 4.21. The zero-order valence-electron chi connectivity index (χ0n) is 7.48. The van der Waals surface area contributed by atoms with E-state index in [0.717, 1.165) is 6.07 Å². The van der Waals surface area contributed by atoms with Crippen LogP contribution in [0.5, 0.6) is 0 Å². The number of carbonyl (C=O) groups is 2. The first kappa shape index (κ1) is 9.51. The van der Waals surface area contributed by atoms with E-state index < -0.39 is 23.6 Å². The summed E-state index contributed by atoms with van der Waals surface area (Å²) in [6, 6.07) is 3.69. The lowest BCUT2D eigenvalue weighted by Crippen LogP contribution is -2.36. The molecule has 0 fully saturated rings. The van der Waals surface area contributed by atoms with Crippen molar-refractivity contribution in [2.45, 2.75) is 0 Å². The van der Waals surface area contributed by atoms with Gasteiger partial charge in [0, 0.05) is 6.07 Å². The minimum Gasteiger partial charge on any atom is -0.480 e. The van der Waals surface area contributed by atoms with E-state index in [4.69, 9.17) is 5.11 Å². The lowest BCUT2D eigenvalue weighted by Gasteiger charge is -2.06. The van der Waals surface area contributed by atoms with Gasteiger partial charge < -0.3 is 5.11 Å². The Hall–Kier alpha value is -2.04. The number of aliphatic carboxylic acids is 1. The quantitative estimate of drug-likeness (QED) is 0.629. The molecule has 1 aromatic carbocycles. The molecule has 0 spiro atoms. The number of hydrogen-bond donors (Lipinski definition) is 1. The molecule has 0 aliphatic carbocycles. The molecular weight excluding hydrogens is 201 g/mol. The van der Waals surface area contributed by atoms with Crippen molar-refractivity contribution >= 4 is 18.0 Å². The van der Waals surface area contributed by atoms with Gasteiger partial charge in [0.05, 0.1) is 5.36 Å². The van der Waals surface area contributed by atoms with E-state index in [2.05, 4.69) is 4.99 Å². The van der Waals surface area contributed by atoms with Gasteiger partial charge >= 0.3 is 5.97 Å². The summed E-state index contributed by atoms with van der Waals surface area (Å²) in [6.45, 7) is 0. The van der Waals surface area contributed by atoms with Crippen LogP contribution in [-0.4, -0.2) is 17.0 Å². The third-order valence-corrected chi connectivity index (χ3v) is 2.10.